The van der Waals surface area contributed by atoms with E-state index in [0.29, 0.717) is 22.4 Å². The van der Waals surface area contributed by atoms with Crippen molar-refractivity contribution in [2.45, 2.75) is 33.2 Å². The van der Waals surface area contributed by atoms with Crippen LogP contribution >= 0.6 is 0 Å². The predicted molar refractivity (Wildman–Crippen MR) is 88.2 cm³/mol. The van der Waals surface area contributed by atoms with E-state index in [0.717, 1.165) is 17.7 Å². The van der Waals surface area contributed by atoms with E-state index in [-0.39, 0.29) is 11.9 Å². The van der Waals surface area contributed by atoms with Gasteiger partial charge in [-0.1, -0.05) is 42.4 Å². The molecular formula is C18H19N3O2. The Morgan fingerprint density at radius 2 is 2.04 bits per heavy atom. The second-order valence-corrected chi connectivity index (χ2v) is 5.57. The highest BCUT2D eigenvalue weighted by Crippen LogP contribution is 2.23. The van der Waals surface area contributed by atoms with Crippen LogP contribution in [0, 0.1) is 6.92 Å². The molecule has 5 nitrogen and oxygen atoms in total. The summed E-state index contributed by atoms with van der Waals surface area (Å²) in [5, 5.41) is 7.65. The first-order valence-corrected chi connectivity index (χ1v) is 7.72. The minimum absolute atomic E-state index is 0.0860. The van der Waals surface area contributed by atoms with Crippen LogP contribution in [-0.4, -0.2) is 16.0 Å². The first-order valence-electron chi connectivity index (χ1n) is 7.72. The average molecular weight is 309 g/mol. The van der Waals surface area contributed by atoms with Crippen molar-refractivity contribution in [1.29, 1.82) is 0 Å². The van der Waals surface area contributed by atoms with Gasteiger partial charge in [0.05, 0.1) is 22.7 Å². The maximum atomic E-state index is 12.8. The number of nitrogens with one attached hydrogen (secondary N) is 1. The number of aryl methyl sites for hydroxylation is 2. The summed E-state index contributed by atoms with van der Waals surface area (Å²) in [6.45, 7) is 5.77. The standard InChI is InChI=1S/C18H19N3O2/c1-4-14-10-15(16-12(3)21-23-18(16)20-14)17(22)19-11(2)13-8-6-5-7-9-13/h5-11H,4H2,1-3H3,(H,19,22)/t11-/m1/s1. The van der Waals surface area contributed by atoms with Crippen LogP contribution in [0.15, 0.2) is 40.9 Å². The Balaban J connectivity index is 1.96. The zero-order chi connectivity index (χ0) is 16.4. The summed E-state index contributed by atoms with van der Waals surface area (Å²) in [7, 11) is 0. The fourth-order valence-electron chi connectivity index (χ4n) is 2.61. The third-order valence-corrected chi connectivity index (χ3v) is 3.92. The maximum absolute atomic E-state index is 12.8. The molecule has 0 saturated carbocycles. The van der Waals surface area contributed by atoms with E-state index in [1.165, 1.54) is 0 Å². The van der Waals surface area contributed by atoms with Crippen molar-refractivity contribution >= 4 is 17.0 Å². The number of nitrogens with zero attached hydrogens (tertiary/aromatic N) is 2. The monoisotopic (exact) mass is 309 g/mol. The first kappa shape index (κ1) is 15.2. The lowest BCUT2D eigenvalue weighted by Gasteiger charge is -2.15. The molecule has 0 unspecified atom stereocenters. The van der Waals surface area contributed by atoms with Crippen LogP contribution in [-0.2, 0) is 6.42 Å². The number of hydrogen-bond donors (Lipinski definition) is 1. The third kappa shape index (κ3) is 2.95. The van der Waals surface area contributed by atoms with Gasteiger partial charge in [-0.15, -0.1) is 0 Å². The van der Waals surface area contributed by atoms with E-state index in [2.05, 4.69) is 15.5 Å². The van der Waals surface area contributed by atoms with Gasteiger partial charge in [0.25, 0.3) is 11.6 Å². The topological polar surface area (TPSA) is 68.0 Å². The van der Waals surface area contributed by atoms with Crippen molar-refractivity contribution in [3.63, 3.8) is 0 Å². The van der Waals surface area contributed by atoms with Crippen molar-refractivity contribution in [2.24, 2.45) is 0 Å². The van der Waals surface area contributed by atoms with Crippen LogP contribution in [0.2, 0.25) is 0 Å². The molecule has 0 fully saturated rings. The molecule has 0 radical (unpaired) electrons. The molecule has 1 amide bonds. The molecule has 0 aliphatic heterocycles. The largest absolute Gasteiger partial charge is 0.345 e. The van der Waals surface area contributed by atoms with Crippen molar-refractivity contribution in [2.75, 3.05) is 0 Å². The molecule has 5 heteroatoms. The minimum Gasteiger partial charge on any atom is -0.345 e. The normalized spacial score (nSPS) is 12.3. The fourth-order valence-corrected chi connectivity index (χ4v) is 2.61. The van der Waals surface area contributed by atoms with Crippen LogP contribution in [0.25, 0.3) is 11.1 Å². The van der Waals surface area contributed by atoms with Crippen LogP contribution < -0.4 is 5.32 Å². The second-order valence-electron chi connectivity index (χ2n) is 5.57. The molecule has 23 heavy (non-hydrogen) atoms. The minimum atomic E-state index is -0.144. The summed E-state index contributed by atoms with van der Waals surface area (Å²) in [6.07, 6.45) is 0.726. The molecule has 0 aliphatic rings. The predicted octanol–water partition coefficient (Wildman–Crippen LogP) is 3.58. The highest BCUT2D eigenvalue weighted by molar-refractivity contribution is 6.06. The lowest BCUT2D eigenvalue weighted by atomic mass is 10.1. The van der Waals surface area contributed by atoms with Gasteiger partial charge in [-0.25, -0.2) is 4.98 Å². The number of benzene rings is 1. The van der Waals surface area contributed by atoms with Gasteiger partial charge >= 0.3 is 0 Å². The lowest BCUT2D eigenvalue weighted by Crippen LogP contribution is -2.27. The molecule has 118 valence electrons. The van der Waals surface area contributed by atoms with E-state index >= 15 is 0 Å². The Labute approximate surface area is 134 Å². The van der Waals surface area contributed by atoms with Gasteiger partial charge in [0.1, 0.15) is 0 Å². The molecule has 1 atom stereocenters. The molecule has 1 aromatic carbocycles. The lowest BCUT2D eigenvalue weighted by molar-refractivity contribution is 0.0941. The molecule has 3 rings (SSSR count). The van der Waals surface area contributed by atoms with E-state index in [1.807, 2.05) is 57.2 Å². The average Bonchev–Trinajstić information content (AvgIpc) is 2.95. The second kappa shape index (κ2) is 6.20. The Morgan fingerprint density at radius 1 is 1.30 bits per heavy atom. The van der Waals surface area contributed by atoms with E-state index in [9.17, 15) is 4.79 Å². The van der Waals surface area contributed by atoms with Crippen molar-refractivity contribution in [3.05, 3.63) is 58.9 Å². The number of hydrogen-bond acceptors (Lipinski definition) is 4. The fraction of sp³-hybridized carbons (Fsp3) is 0.278. The number of pyridine rings is 1. The highest BCUT2D eigenvalue weighted by atomic mass is 16.5. The van der Waals surface area contributed by atoms with Gasteiger partial charge < -0.3 is 9.84 Å². The van der Waals surface area contributed by atoms with Crippen molar-refractivity contribution in [1.82, 2.24) is 15.5 Å². The SMILES string of the molecule is CCc1cc(C(=O)N[C@H](C)c2ccccc2)c2c(C)noc2n1. The molecule has 0 aliphatic carbocycles. The zero-order valence-electron chi connectivity index (χ0n) is 13.5. The molecule has 2 heterocycles. The highest BCUT2D eigenvalue weighted by Gasteiger charge is 2.19. The number of carbonyl (C=O) groups excluding carboxylic acids is 1. The van der Waals surface area contributed by atoms with E-state index in [1.54, 1.807) is 0 Å². The first-order chi connectivity index (χ1) is 11.1. The quantitative estimate of drug-likeness (QED) is 0.799. The molecule has 0 spiro atoms. The van der Waals surface area contributed by atoms with Crippen LogP contribution in [0.3, 0.4) is 0 Å². The summed E-state index contributed by atoms with van der Waals surface area (Å²) < 4.78 is 5.23. The van der Waals surface area contributed by atoms with Gasteiger partial charge in [-0.3, -0.25) is 4.79 Å². The smallest absolute Gasteiger partial charge is 0.258 e. The molecule has 1 N–H and O–H groups in total. The summed E-state index contributed by atoms with van der Waals surface area (Å²) in [5.41, 5.74) is 3.52. The van der Waals surface area contributed by atoms with Gasteiger partial charge in [0.2, 0.25) is 0 Å². The van der Waals surface area contributed by atoms with Crippen LogP contribution in [0.5, 0.6) is 0 Å². The summed E-state index contributed by atoms with van der Waals surface area (Å²) in [5.74, 6) is -0.144. The maximum Gasteiger partial charge on any atom is 0.258 e. The summed E-state index contributed by atoms with van der Waals surface area (Å²) >= 11 is 0. The summed E-state index contributed by atoms with van der Waals surface area (Å²) in [4.78, 5) is 17.1. The number of rotatable bonds is 4. The van der Waals surface area contributed by atoms with Gasteiger partial charge in [0, 0.05) is 5.69 Å². The molecule has 0 bridgehead atoms. The Kier molecular flexibility index (Phi) is 4.10. The molecular weight excluding hydrogens is 290 g/mol. The van der Waals surface area contributed by atoms with Crippen molar-refractivity contribution in [3.8, 4) is 0 Å². The number of carbonyl (C=O) groups is 1. The Morgan fingerprint density at radius 3 is 2.74 bits per heavy atom. The van der Waals surface area contributed by atoms with Gasteiger partial charge in [0.15, 0.2) is 0 Å². The number of fused-ring (bicyclic) bond motifs is 1. The number of aromatic nitrogens is 2. The molecule has 2 aromatic heterocycles. The van der Waals surface area contributed by atoms with E-state index in [4.69, 9.17) is 4.52 Å². The molecule has 0 saturated heterocycles. The van der Waals surface area contributed by atoms with Gasteiger partial charge in [-0.05, 0) is 31.9 Å². The van der Waals surface area contributed by atoms with Gasteiger partial charge in [-0.2, -0.15) is 0 Å². The van der Waals surface area contributed by atoms with Crippen molar-refractivity contribution < 1.29 is 9.32 Å². The van der Waals surface area contributed by atoms with Crippen LogP contribution in [0.4, 0.5) is 0 Å². The Bertz CT molecular complexity index is 840. The Hall–Kier alpha value is -2.69. The third-order valence-electron chi connectivity index (χ3n) is 3.92. The van der Waals surface area contributed by atoms with E-state index < -0.39 is 0 Å². The molecule has 3 aromatic rings. The van der Waals surface area contributed by atoms with Crippen LogP contribution in [0.1, 0.15) is 47.2 Å². The summed E-state index contributed by atoms with van der Waals surface area (Å²) in [6, 6.07) is 11.6. The zero-order valence-corrected chi connectivity index (χ0v) is 13.5. The number of amides is 1.